The van der Waals surface area contributed by atoms with E-state index in [-0.39, 0.29) is 6.04 Å². The van der Waals surface area contributed by atoms with Gasteiger partial charge in [-0.2, -0.15) is 4.31 Å². The Morgan fingerprint density at radius 1 is 1.33 bits per heavy atom. The van der Waals surface area contributed by atoms with Crippen LogP contribution < -0.4 is 0 Å². The average Bonchev–Trinajstić information content (AvgIpc) is 1.83. The van der Waals surface area contributed by atoms with Crippen molar-refractivity contribution in [1.29, 1.82) is 0 Å². The minimum absolute atomic E-state index is 0.184. The van der Waals surface area contributed by atoms with Crippen LogP contribution in [0.2, 0.25) is 0 Å². The fourth-order valence-corrected chi connectivity index (χ4v) is 3.06. The van der Waals surface area contributed by atoms with Crippen molar-refractivity contribution < 1.29 is 8.42 Å². The van der Waals surface area contributed by atoms with Gasteiger partial charge in [-0.25, -0.2) is 8.42 Å². The molecule has 0 aliphatic carbocycles. The summed E-state index contributed by atoms with van der Waals surface area (Å²) in [6.07, 6.45) is 3.28. The van der Waals surface area contributed by atoms with Gasteiger partial charge in [0.2, 0.25) is 10.0 Å². The SMILES string of the molecule is CC1CCN(S(C)(=O)=O)C(C)C1. The van der Waals surface area contributed by atoms with E-state index in [1.807, 2.05) is 6.92 Å². The van der Waals surface area contributed by atoms with E-state index < -0.39 is 10.0 Å². The first-order chi connectivity index (χ1) is 5.41. The first-order valence-electron chi connectivity index (χ1n) is 4.38. The van der Waals surface area contributed by atoms with Gasteiger partial charge in [-0.05, 0) is 25.7 Å². The number of hydrogen-bond acceptors (Lipinski definition) is 2. The molecule has 1 aliphatic rings. The Morgan fingerprint density at radius 2 is 1.92 bits per heavy atom. The van der Waals surface area contributed by atoms with Gasteiger partial charge in [0.1, 0.15) is 0 Å². The van der Waals surface area contributed by atoms with Gasteiger partial charge in [0.15, 0.2) is 0 Å². The maximum atomic E-state index is 11.2. The molecule has 12 heavy (non-hydrogen) atoms. The van der Waals surface area contributed by atoms with Crippen LogP contribution in [0.3, 0.4) is 0 Å². The van der Waals surface area contributed by atoms with Crippen LogP contribution in [0, 0.1) is 5.92 Å². The summed E-state index contributed by atoms with van der Waals surface area (Å²) in [5.74, 6) is 0.665. The van der Waals surface area contributed by atoms with Gasteiger partial charge < -0.3 is 0 Å². The van der Waals surface area contributed by atoms with Gasteiger partial charge in [-0.3, -0.25) is 0 Å². The summed E-state index contributed by atoms with van der Waals surface area (Å²) in [4.78, 5) is 0. The minimum Gasteiger partial charge on any atom is -0.212 e. The molecule has 1 aliphatic heterocycles. The van der Waals surface area contributed by atoms with Crippen molar-refractivity contribution >= 4 is 10.0 Å². The van der Waals surface area contributed by atoms with E-state index in [2.05, 4.69) is 6.92 Å². The molecule has 1 heterocycles. The molecule has 0 spiro atoms. The highest BCUT2D eigenvalue weighted by molar-refractivity contribution is 7.88. The van der Waals surface area contributed by atoms with Crippen LogP contribution in [0.15, 0.2) is 0 Å². The number of rotatable bonds is 1. The summed E-state index contributed by atoms with van der Waals surface area (Å²) >= 11 is 0. The highest BCUT2D eigenvalue weighted by Crippen LogP contribution is 2.23. The molecular weight excluding hydrogens is 174 g/mol. The van der Waals surface area contributed by atoms with Gasteiger partial charge in [0, 0.05) is 12.6 Å². The summed E-state index contributed by atoms with van der Waals surface area (Å²) in [5.41, 5.74) is 0. The van der Waals surface area contributed by atoms with Gasteiger partial charge in [0.05, 0.1) is 6.26 Å². The van der Waals surface area contributed by atoms with Crippen molar-refractivity contribution in [3.8, 4) is 0 Å². The molecular formula is C8H17NO2S. The van der Waals surface area contributed by atoms with Crippen molar-refractivity contribution in [2.24, 2.45) is 5.92 Å². The zero-order chi connectivity index (χ0) is 9.35. The van der Waals surface area contributed by atoms with Crippen LogP contribution in [0.1, 0.15) is 26.7 Å². The molecule has 4 heteroatoms. The van der Waals surface area contributed by atoms with E-state index in [4.69, 9.17) is 0 Å². The molecule has 72 valence electrons. The first kappa shape index (κ1) is 9.99. The lowest BCUT2D eigenvalue weighted by Gasteiger charge is -2.34. The number of piperidine rings is 1. The summed E-state index contributed by atoms with van der Waals surface area (Å²) in [6, 6.07) is 0.184. The van der Waals surface area contributed by atoms with Gasteiger partial charge in [-0.15, -0.1) is 0 Å². The third-order valence-corrected chi connectivity index (χ3v) is 3.90. The Morgan fingerprint density at radius 3 is 2.33 bits per heavy atom. The van der Waals surface area contributed by atoms with Gasteiger partial charge in [0.25, 0.3) is 0 Å². The number of nitrogens with zero attached hydrogens (tertiary/aromatic N) is 1. The second-order valence-electron chi connectivity index (χ2n) is 3.85. The van der Waals surface area contributed by atoms with Gasteiger partial charge in [-0.1, -0.05) is 6.92 Å². The predicted octanol–water partition coefficient (Wildman–Crippen LogP) is 1.07. The molecule has 0 N–H and O–H groups in total. The summed E-state index contributed by atoms with van der Waals surface area (Å²) in [5, 5.41) is 0. The van der Waals surface area contributed by atoms with Crippen LogP contribution in [0.4, 0.5) is 0 Å². The molecule has 1 rings (SSSR count). The lowest BCUT2D eigenvalue weighted by Crippen LogP contribution is -2.43. The molecule has 2 atom stereocenters. The fraction of sp³-hybridized carbons (Fsp3) is 1.00. The molecule has 3 nitrogen and oxygen atoms in total. The third kappa shape index (κ3) is 2.20. The lowest BCUT2D eigenvalue weighted by molar-refractivity contribution is 0.221. The average molecular weight is 191 g/mol. The molecule has 0 saturated carbocycles. The molecule has 1 fully saturated rings. The van der Waals surface area contributed by atoms with E-state index >= 15 is 0 Å². The van der Waals surface area contributed by atoms with E-state index in [1.54, 1.807) is 4.31 Å². The Balaban J connectivity index is 2.69. The molecule has 0 bridgehead atoms. The topological polar surface area (TPSA) is 37.4 Å². The molecule has 0 aromatic heterocycles. The molecule has 0 aromatic rings. The van der Waals surface area contributed by atoms with Crippen molar-refractivity contribution in [3.05, 3.63) is 0 Å². The second kappa shape index (κ2) is 3.34. The fourth-order valence-electron chi connectivity index (χ4n) is 1.88. The second-order valence-corrected chi connectivity index (χ2v) is 5.79. The normalized spacial score (nSPS) is 33.6. The van der Waals surface area contributed by atoms with E-state index in [0.29, 0.717) is 12.5 Å². The highest BCUT2D eigenvalue weighted by Gasteiger charge is 2.28. The van der Waals surface area contributed by atoms with Crippen LogP contribution in [0.25, 0.3) is 0 Å². The summed E-state index contributed by atoms with van der Waals surface area (Å²) < 4.78 is 24.1. The zero-order valence-corrected chi connectivity index (χ0v) is 8.76. The van der Waals surface area contributed by atoms with Crippen LogP contribution in [-0.2, 0) is 10.0 Å². The Hall–Kier alpha value is -0.0900. The molecule has 0 amide bonds. The van der Waals surface area contributed by atoms with Crippen LogP contribution in [-0.4, -0.2) is 31.6 Å². The van der Waals surface area contributed by atoms with E-state index in [9.17, 15) is 8.42 Å². The number of sulfonamides is 1. The predicted molar refractivity (Wildman–Crippen MR) is 49.4 cm³/mol. The van der Waals surface area contributed by atoms with Crippen molar-refractivity contribution in [1.82, 2.24) is 4.31 Å². The molecule has 1 saturated heterocycles. The molecule has 0 aromatic carbocycles. The summed E-state index contributed by atoms with van der Waals surface area (Å²) in [7, 11) is -2.97. The minimum atomic E-state index is -2.97. The maximum absolute atomic E-state index is 11.2. The molecule has 2 unspecified atom stereocenters. The quantitative estimate of drug-likeness (QED) is 0.621. The number of hydrogen-bond donors (Lipinski definition) is 0. The third-order valence-electron chi connectivity index (χ3n) is 2.50. The van der Waals surface area contributed by atoms with Crippen molar-refractivity contribution in [2.45, 2.75) is 32.7 Å². The van der Waals surface area contributed by atoms with Crippen molar-refractivity contribution in [3.63, 3.8) is 0 Å². The first-order valence-corrected chi connectivity index (χ1v) is 6.23. The monoisotopic (exact) mass is 191 g/mol. The largest absolute Gasteiger partial charge is 0.212 e. The lowest BCUT2D eigenvalue weighted by atomic mass is 9.95. The maximum Gasteiger partial charge on any atom is 0.211 e. The Kier molecular flexibility index (Phi) is 2.78. The van der Waals surface area contributed by atoms with E-state index in [1.165, 1.54) is 6.26 Å². The van der Waals surface area contributed by atoms with Crippen molar-refractivity contribution in [2.75, 3.05) is 12.8 Å². The zero-order valence-electron chi connectivity index (χ0n) is 7.95. The van der Waals surface area contributed by atoms with Gasteiger partial charge >= 0.3 is 0 Å². The smallest absolute Gasteiger partial charge is 0.211 e. The summed E-state index contributed by atoms with van der Waals surface area (Å²) in [6.45, 7) is 4.86. The molecule has 0 radical (unpaired) electrons. The van der Waals surface area contributed by atoms with E-state index in [0.717, 1.165) is 12.8 Å². The van der Waals surface area contributed by atoms with Crippen LogP contribution >= 0.6 is 0 Å². The highest BCUT2D eigenvalue weighted by atomic mass is 32.2. The Labute approximate surface area is 74.8 Å². The standard InChI is InChI=1S/C8H17NO2S/c1-7-4-5-9(8(2)6-7)12(3,10)11/h7-8H,4-6H2,1-3H3. The van der Waals surface area contributed by atoms with Crippen LogP contribution in [0.5, 0.6) is 0 Å². The Bertz CT molecular complexity index is 248.